The summed E-state index contributed by atoms with van der Waals surface area (Å²) in [5, 5.41) is 0. The van der Waals surface area contributed by atoms with E-state index >= 15 is 0 Å². The fourth-order valence-corrected chi connectivity index (χ4v) is 4.05. The summed E-state index contributed by atoms with van der Waals surface area (Å²) in [6.45, 7) is 0.253. The highest BCUT2D eigenvalue weighted by molar-refractivity contribution is 7.90. The van der Waals surface area contributed by atoms with Gasteiger partial charge in [-0.05, 0) is 23.3 Å². The molecule has 0 saturated carbocycles. The molecule has 6 nitrogen and oxygen atoms in total. The first-order chi connectivity index (χ1) is 13.5. The third-order valence-electron chi connectivity index (χ3n) is 4.49. The molecule has 0 amide bonds. The van der Waals surface area contributed by atoms with Crippen molar-refractivity contribution >= 4 is 21.8 Å². The van der Waals surface area contributed by atoms with Crippen LogP contribution in [0.1, 0.15) is 17.2 Å². The Morgan fingerprint density at radius 3 is 2.18 bits per heavy atom. The molecule has 0 spiro atoms. The number of hydrogen-bond acceptors (Lipinski definition) is 5. The van der Waals surface area contributed by atoms with Crippen LogP contribution in [0.4, 0.5) is 0 Å². The van der Waals surface area contributed by atoms with Gasteiger partial charge < -0.3 is 9.64 Å². The maximum atomic E-state index is 12.8. The number of fused-ring (bicyclic) bond motifs is 1. The van der Waals surface area contributed by atoms with Crippen LogP contribution in [0, 0.1) is 0 Å². The van der Waals surface area contributed by atoms with Crippen molar-refractivity contribution < 1.29 is 17.9 Å². The van der Waals surface area contributed by atoms with Crippen molar-refractivity contribution in [2.24, 2.45) is 4.40 Å². The number of carbonyl (C=O) groups is 1. The number of esters is 1. The van der Waals surface area contributed by atoms with Crippen LogP contribution in [-0.2, 0) is 19.6 Å². The Morgan fingerprint density at radius 1 is 0.964 bits per heavy atom. The Kier molecular flexibility index (Phi) is 4.83. The van der Waals surface area contributed by atoms with Gasteiger partial charge in [0.2, 0.25) is 0 Å². The predicted molar refractivity (Wildman–Crippen MR) is 106 cm³/mol. The molecule has 2 aromatic carbocycles. The number of nitrogens with zero attached hydrogens (tertiary/aromatic N) is 2. The van der Waals surface area contributed by atoms with Crippen LogP contribution in [0.15, 0.2) is 89.0 Å². The van der Waals surface area contributed by atoms with Gasteiger partial charge in [0.25, 0.3) is 10.0 Å². The highest BCUT2D eigenvalue weighted by Crippen LogP contribution is 2.27. The van der Waals surface area contributed by atoms with Gasteiger partial charge in [-0.25, -0.2) is 13.2 Å². The van der Waals surface area contributed by atoms with Crippen LogP contribution in [0.2, 0.25) is 0 Å². The van der Waals surface area contributed by atoms with Crippen LogP contribution in [-0.4, -0.2) is 37.4 Å². The average Bonchev–Trinajstić information content (AvgIpc) is 2.72. The SMILES string of the molecule is O=C(OC(c1ccccc1)c1ccccc1)C1=CN2CCS(=O)(=O)N=C2C=C1. The van der Waals surface area contributed by atoms with Crippen LogP contribution in [0.25, 0.3) is 0 Å². The smallest absolute Gasteiger partial charge is 0.340 e. The maximum absolute atomic E-state index is 12.8. The van der Waals surface area contributed by atoms with E-state index in [9.17, 15) is 13.2 Å². The molecule has 28 heavy (non-hydrogen) atoms. The zero-order valence-corrected chi connectivity index (χ0v) is 15.7. The summed E-state index contributed by atoms with van der Waals surface area (Å²) < 4.78 is 32.8. The molecule has 0 atom stereocenters. The molecule has 142 valence electrons. The van der Waals surface area contributed by atoms with Crippen LogP contribution >= 0.6 is 0 Å². The first-order valence-electron chi connectivity index (χ1n) is 8.82. The molecule has 0 unspecified atom stereocenters. The van der Waals surface area contributed by atoms with Crippen molar-refractivity contribution in [2.75, 3.05) is 12.3 Å². The Balaban J connectivity index is 1.59. The first-order valence-corrected chi connectivity index (χ1v) is 10.4. The van der Waals surface area contributed by atoms with Gasteiger partial charge in [0.1, 0.15) is 5.84 Å². The summed E-state index contributed by atoms with van der Waals surface area (Å²) in [5.41, 5.74) is 2.08. The molecule has 2 heterocycles. The van der Waals surface area contributed by atoms with Crippen LogP contribution in [0.5, 0.6) is 0 Å². The second-order valence-electron chi connectivity index (χ2n) is 6.45. The molecule has 7 heteroatoms. The first kappa shape index (κ1) is 18.2. The van der Waals surface area contributed by atoms with E-state index in [1.54, 1.807) is 11.1 Å². The van der Waals surface area contributed by atoms with Gasteiger partial charge in [-0.15, -0.1) is 4.40 Å². The van der Waals surface area contributed by atoms with E-state index in [1.807, 2.05) is 60.7 Å². The lowest BCUT2D eigenvalue weighted by atomic mass is 10.0. The molecular weight excluding hydrogens is 376 g/mol. The summed E-state index contributed by atoms with van der Waals surface area (Å²) in [4.78, 5) is 14.5. The Labute approximate surface area is 163 Å². The molecule has 0 aromatic heterocycles. The Morgan fingerprint density at radius 2 is 1.57 bits per heavy atom. The molecule has 0 fully saturated rings. The molecule has 0 N–H and O–H groups in total. The summed E-state index contributed by atoms with van der Waals surface area (Å²) in [6, 6.07) is 19.1. The van der Waals surface area contributed by atoms with Gasteiger partial charge in [-0.2, -0.15) is 0 Å². The second kappa shape index (κ2) is 7.44. The van der Waals surface area contributed by atoms with E-state index in [4.69, 9.17) is 4.74 Å². The number of hydrogen-bond donors (Lipinski definition) is 0. The van der Waals surface area contributed by atoms with E-state index in [0.717, 1.165) is 11.1 Å². The molecule has 2 aromatic rings. The summed E-state index contributed by atoms with van der Waals surface area (Å²) in [6.07, 6.45) is 4.10. The third-order valence-corrected chi connectivity index (χ3v) is 5.65. The van der Waals surface area contributed by atoms with E-state index < -0.39 is 22.1 Å². The van der Waals surface area contributed by atoms with Crippen molar-refractivity contribution in [1.29, 1.82) is 0 Å². The topological polar surface area (TPSA) is 76.0 Å². The van der Waals surface area contributed by atoms with Crippen LogP contribution < -0.4 is 0 Å². The van der Waals surface area contributed by atoms with Crippen molar-refractivity contribution in [3.05, 3.63) is 95.7 Å². The molecule has 0 saturated heterocycles. The quantitative estimate of drug-likeness (QED) is 0.746. The number of amidine groups is 1. The van der Waals surface area contributed by atoms with E-state index in [-0.39, 0.29) is 12.3 Å². The van der Waals surface area contributed by atoms with Crippen molar-refractivity contribution in [3.63, 3.8) is 0 Å². The zero-order valence-electron chi connectivity index (χ0n) is 14.9. The van der Waals surface area contributed by atoms with Gasteiger partial charge in [0.15, 0.2) is 6.10 Å². The van der Waals surface area contributed by atoms with Gasteiger partial charge in [0.05, 0.1) is 11.3 Å². The lowest BCUT2D eigenvalue weighted by Gasteiger charge is -2.27. The fraction of sp³-hybridized carbons (Fsp3) is 0.143. The minimum absolute atomic E-state index is 0.0835. The standard InChI is InChI=1S/C21H18N2O4S/c24-21(18-11-12-19-22-28(25,26)14-13-23(19)15-18)27-20(16-7-3-1-4-8-16)17-9-5-2-6-10-17/h1-12,15,20H,13-14H2. The molecule has 0 aliphatic carbocycles. The molecule has 2 aliphatic rings. The molecule has 2 aliphatic heterocycles. The lowest BCUT2D eigenvalue weighted by Crippen LogP contribution is -2.37. The van der Waals surface area contributed by atoms with Gasteiger partial charge in [0, 0.05) is 12.7 Å². The monoisotopic (exact) mass is 394 g/mol. The van der Waals surface area contributed by atoms with Crippen molar-refractivity contribution in [1.82, 2.24) is 4.90 Å². The normalized spacial score (nSPS) is 17.5. The number of ether oxygens (including phenoxy) is 1. The van der Waals surface area contributed by atoms with E-state index in [1.165, 1.54) is 12.2 Å². The lowest BCUT2D eigenvalue weighted by molar-refractivity contribution is -0.142. The van der Waals surface area contributed by atoms with Gasteiger partial charge >= 0.3 is 5.97 Å². The van der Waals surface area contributed by atoms with E-state index in [2.05, 4.69) is 4.40 Å². The number of rotatable bonds is 4. The van der Waals surface area contributed by atoms with Crippen LogP contribution in [0.3, 0.4) is 0 Å². The highest BCUT2D eigenvalue weighted by atomic mass is 32.2. The van der Waals surface area contributed by atoms with Gasteiger partial charge in [-0.3, -0.25) is 0 Å². The molecule has 0 bridgehead atoms. The Hall–Kier alpha value is -3.19. The van der Waals surface area contributed by atoms with Gasteiger partial charge in [-0.1, -0.05) is 60.7 Å². The second-order valence-corrected chi connectivity index (χ2v) is 8.21. The fourth-order valence-electron chi connectivity index (χ4n) is 3.08. The number of carbonyl (C=O) groups excluding carboxylic acids is 1. The molecule has 0 radical (unpaired) electrons. The van der Waals surface area contributed by atoms with Crippen molar-refractivity contribution in [3.8, 4) is 0 Å². The molecule has 4 rings (SSSR count). The average molecular weight is 394 g/mol. The number of benzene rings is 2. The largest absolute Gasteiger partial charge is 0.449 e. The number of sulfonamides is 1. The van der Waals surface area contributed by atoms with Crippen molar-refractivity contribution in [2.45, 2.75) is 6.10 Å². The summed E-state index contributed by atoms with van der Waals surface area (Å²) >= 11 is 0. The maximum Gasteiger partial charge on any atom is 0.340 e. The Bertz CT molecular complexity index is 1030. The molecular formula is C21H18N2O4S. The summed E-state index contributed by atoms with van der Waals surface area (Å²) in [5.74, 6) is -0.258. The highest BCUT2D eigenvalue weighted by Gasteiger charge is 2.27. The predicted octanol–water partition coefficient (Wildman–Crippen LogP) is 2.82. The minimum atomic E-state index is -3.43. The zero-order chi connectivity index (χ0) is 19.6. The third kappa shape index (κ3) is 3.89. The van der Waals surface area contributed by atoms with E-state index in [0.29, 0.717) is 11.4 Å². The summed E-state index contributed by atoms with van der Waals surface area (Å²) in [7, 11) is -3.43. The minimum Gasteiger partial charge on any atom is -0.449 e.